The van der Waals surface area contributed by atoms with Crippen molar-refractivity contribution < 1.29 is 4.79 Å². The van der Waals surface area contributed by atoms with Crippen LogP contribution in [-0.2, 0) is 0 Å². The van der Waals surface area contributed by atoms with Gasteiger partial charge in [0.2, 0.25) is 0 Å². The first-order chi connectivity index (χ1) is 7.27. The van der Waals surface area contributed by atoms with Crippen LogP contribution in [0.2, 0.25) is 0 Å². The summed E-state index contributed by atoms with van der Waals surface area (Å²) in [7, 11) is 0. The lowest BCUT2D eigenvalue weighted by Gasteiger charge is -2.29. The molecule has 0 aromatic heterocycles. The van der Waals surface area contributed by atoms with Crippen LogP contribution in [0.1, 0.15) is 17.3 Å². The maximum atomic E-state index is 11.9. The minimum absolute atomic E-state index is 0.0892. The lowest BCUT2D eigenvalue weighted by atomic mass is 10.0. The molecule has 0 fully saturated rings. The number of likely N-dealkylation sites (N-methyl/N-ethyl adjacent to an activating group) is 1. The van der Waals surface area contributed by atoms with Crippen LogP contribution in [0.3, 0.4) is 0 Å². The molecule has 1 unspecified atom stereocenters. The Morgan fingerprint density at radius 3 is 2.93 bits per heavy atom. The van der Waals surface area contributed by atoms with Gasteiger partial charge in [-0.25, -0.2) is 4.31 Å². The van der Waals surface area contributed by atoms with Gasteiger partial charge in [-0.1, -0.05) is 25.1 Å². The van der Waals surface area contributed by atoms with Gasteiger partial charge in [0.1, 0.15) is 0 Å². The Morgan fingerprint density at radius 2 is 2.27 bits per heavy atom. The predicted molar refractivity (Wildman–Crippen MR) is 58.4 cm³/mol. The Labute approximate surface area is 92.8 Å². The molecule has 0 spiro atoms. The number of ketones is 1. The maximum Gasteiger partial charge on any atom is 0.196 e. The fourth-order valence-corrected chi connectivity index (χ4v) is 2.61. The van der Waals surface area contributed by atoms with Gasteiger partial charge in [0.25, 0.3) is 0 Å². The zero-order valence-corrected chi connectivity index (χ0v) is 9.12. The number of carbonyl (C=O) groups is 1. The van der Waals surface area contributed by atoms with E-state index in [2.05, 4.69) is 6.07 Å². The predicted octanol–water partition coefficient (Wildman–Crippen LogP) is 2.10. The molecule has 0 amide bonds. The quantitative estimate of drug-likeness (QED) is 0.677. The van der Waals surface area contributed by atoms with Gasteiger partial charge in [-0.2, -0.15) is 5.26 Å². The lowest BCUT2D eigenvalue weighted by Crippen LogP contribution is -2.38. The number of nitrogens with zero attached hydrogens (tertiary/aromatic N) is 2. The van der Waals surface area contributed by atoms with E-state index in [9.17, 15) is 4.79 Å². The monoisotopic (exact) mass is 218 g/mol. The minimum atomic E-state index is -0.644. The third-order valence-electron chi connectivity index (χ3n) is 2.34. The van der Waals surface area contributed by atoms with E-state index in [-0.39, 0.29) is 5.78 Å². The first kappa shape index (κ1) is 10.2. The summed E-state index contributed by atoms with van der Waals surface area (Å²) >= 11 is 1.48. The number of hydrogen-bond acceptors (Lipinski definition) is 4. The first-order valence-corrected chi connectivity index (χ1v) is 5.52. The number of hydrogen-bond donors (Lipinski definition) is 0. The number of fused-ring (bicyclic) bond motifs is 1. The largest absolute Gasteiger partial charge is 0.291 e. The van der Waals surface area contributed by atoms with Crippen molar-refractivity contribution in [2.24, 2.45) is 0 Å². The van der Waals surface area contributed by atoms with Crippen molar-refractivity contribution in [1.82, 2.24) is 4.31 Å². The molecule has 0 saturated heterocycles. The molecule has 4 heteroatoms. The second-order valence-electron chi connectivity index (χ2n) is 3.22. The minimum Gasteiger partial charge on any atom is -0.291 e. The van der Waals surface area contributed by atoms with E-state index in [0.717, 1.165) is 4.90 Å². The standard InChI is InChI=1S/C11H10N2OS/c1-2-13-9(7-12)11(14)8-5-3-4-6-10(8)15-13/h3-6,9H,2H2,1H3. The third-order valence-corrected chi connectivity index (χ3v) is 3.59. The molecule has 3 nitrogen and oxygen atoms in total. The van der Waals surface area contributed by atoms with E-state index in [4.69, 9.17) is 5.26 Å². The number of carbonyl (C=O) groups excluding carboxylic acids is 1. The molecule has 1 aromatic carbocycles. The molecule has 76 valence electrons. The second-order valence-corrected chi connectivity index (χ2v) is 4.31. The average molecular weight is 218 g/mol. The van der Waals surface area contributed by atoms with Crippen molar-refractivity contribution in [1.29, 1.82) is 5.26 Å². The normalized spacial score (nSPS) is 20.8. The van der Waals surface area contributed by atoms with Crippen LogP contribution in [-0.4, -0.2) is 22.7 Å². The first-order valence-electron chi connectivity index (χ1n) is 4.75. The van der Waals surface area contributed by atoms with Gasteiger partial charge in [-0.15, -0.1) is 0 Å². The molecule has 15 heavy (non-hydrogen) atoms. The molecule has 1 aliphatic heterocycles. The molecular weight excluding hydrogens is 208 g/mol. The number of nitriles is 1. The Balaban J connectivity index is 2.46. The van der Waals surface area contributed by atoms with Crippen LogP contribution in [0.25, 0.3) is 0 Å². The third kappa shape index (κ3) is 1.65. The fourth-order valence-electron chi connectivity index (χ4n) is 1.58. The van der Waals surface area contributed by atoms with E-state index in [1.165, 1.54) is 11.9 Å². The molecule has 0 radical (unpaired) electrons. The molecule has 0 saturated carbocycles. The van der Waals surface area contributed by atoms with Gasteiger partial charge < -0.3 is 0 Å². The van der Waals surface area contributed by atoms with Crippen LogP contribution in [0.5, 0.6) is 0 Å². The number of rotatable bonds is 1. The number of benzene rings is 1. The molecule has 1 aliphatic rings. The van der Waals surface area contributed by atoms with E-state index in [0.29, 0.717) is 12.1 Å². The van der Waals surface area contributed by atoms with Gasteiger partial charge in [-0.3, -0.25) is 4.79 Å². The summed E-state index contributed by atoms with van der Waals surface area (Å²) in [5.74, 6) is -0.0892. The van der Waals surface area contributed by atoms with Gasteiger partial charge in [0.05, 0.1) is 6.07 Å². The molecule has 2 rings (SSSR count). The highest BCUT2D eigenvalue weighted by atomic mass is 32.2. The highest BCUT2D eigenvalue weighted by molar-refractivity contribution is 7.97. The molecule has 0 bridgehead atoms. The van der Waals surface area contributed by atoms with Crippen molar-refractivity contribution in [3.8, 4) is 6.07 Å². The summed E-state index contributed by atoms with van der Waals surface area (Å²) in [5, 5.41) is 8.96. The molecule has 0 N–H and O–H groups in total. The summed E-state index contributed by atoms with van der Waals surface area (Å²) in [6.45, 7) is 2.63. The Hall–Kier alpha value is -1.31. The summed E-state index contributed by atoms with van der Waals surface area (Å²) in [6.07, 6.45) is 0. The summed E-state index contributed by atoms with van der Waals surface area (Å²) in [6, 6.07) is 8.83. The van der Waals surface area contributed by atoms with Crippen LogP contribution >= 0.6 is 11.9 Å². The molecule has 1 atom stereocenters. The average Bonchev–Trinajstić information content (AvgIpc) is 2.29. The van der Waals surface area contributed by atoms with E-state index < -0.39 is 6.04 Å². The topological polar surface area (TPSA) is 44.1 Å². The Bertz CT molecular complexity index is 438. The molecule has 0 aliphatic carbocycles. The van der Waals surface area contributed by atoms with Crippen molar-refractivity contribution >= 4 is 17.7 Å². The van der Waals surface area contributed by atoms with Gasteiger partial charge >= 0.3 is 0 Å². The van der Waals surface area contributed by atoms with Crippen molar-refractivity contribution in [2.75, 3.05) is 6.54 Å². The summed E-state index contributed by atoms with van der Waals surface area (Å²) < 4.78 is 1.81. The van der Waals surface area contributed by atoms with E-state index in [1.807, 2.05) is 29.4 Å². The fraction of sp³-hybridized carbons (Fsp3) is 0.273. The SMILES string of the molecule is CCN1Sc2ccccc2C(=O)C1C#N. The smallest absolute Gasteiger partial charge is 0.196 e. The highest BCUT2D eigenvalue weighted by Gasteiger charge is 2.33. The van der Waals surface area contributed by atoms with Crippen LogP contribution in [0.4, 0.5) is 0 Å². The summed E-state index contributed by atoms with van der Waals surface area (Å²) in [5.41, 5.74) is 0.666. The second kappa shape index (κ2) is 4.05. The molecule has 1 heterocycles. The Kier molecular flexibility index (Phi) is 2.76. The number of Topliss-reactive ketones (excluding diaryl/α,β-unsaturated/α-hetero) is 1. The van der Waals surface area contributed by atoms with Crippen molar-refractivity contribution in [3.63, 3.8) is 0 Å². The van der Waals surface area contributed by atoms with E-state index in [1.54, 1.807) is 6.07 Å². The van der Waals surface area contributed by atoms with E-state index >= 15 is 0 Å². The highest BCUT2D eigenvalue weighted by Crippen LogP contribution is 2.34. The lowest BCUT2D eigenvalue weighted by molar-refractivity contribution is 0.0929. The maximum absolute atomic E-state index is 11.9. The van der Waals surface area contributed by atoms with Crippen LogP contribution in [0.15, 0.2) is 29.2 Å². The molecule has 1 aromatic rings. The van der Waals surface area contributed by atoms with Gasteiger partial charge in [0.15, 0.2) is 11.8 Å². The van der Waals surface area contributed by atoms with Gasteiger partial charge in [-0.05, 0) is 18.0 Å². The van der Waals surface area contributed by atoms with Crippen LogP contribution < -0.4 is 0 Å². The Morgan fingerprint density at radius 1 is 1.53 bits per heavy atom. The molecular formula is C11H10N2OS. The van der Waals surface area contributed by atoms with Crippen molar-refractivity contribution in [3.05, 3.63) is 29.8 Å². The van der Waals surface area contributed by atoms with Crippen LogP contribution in [0, 0.1) is 11.3 Å². The zero-order chi connectivity index (χ0) is 10.8. The van der Waals surface area contributed by atoms with Gasteiger partial charge in [0, 0.05) is 17.0 Å². The zero-order valence-electron chi connectivity index (χ0n) is 8.30. The summed E-state index contributed by atoms with van der Waals surface area (Å²) in [4.78, 5) is 12.9. The van der Waals surface area contributed by atoms with Crippen molar-refractivity contribution in [2.45, 2.75) is 17.9 Å².